The average Bonchev–Trinajstić information content (AvgIpc) is 3.33. The number of benzene rings is 2. The number of hydrogen-bond acceptors (Lipinski definition) is 4. The van der Waals surface area contributed by atoms with Crippen LogP contribution < -0.4 is 0 Å². The quantitative estimate of drug-likeness (QED) is 0.662. The molecule has 2 aromatic carbocycles. The number of rotatable bonds is 4. The molecule has 0 radical (unpaired) electrons. The molecule has 0 bridgehead atoms. The molecule has 0 N–H and O–H groups in total. The molecular formula is C21H20ClN3O2. The summed E-state index contributed by atoms with van der Waals surface area (Å²) in [6.45, 7) is 2.75. The Labute approximate surface area is 163 Å². The van der Waals surface area contributed by atoms with E-state index in [9.17, 15) is 4.79 Å². The highest BCUT2D eigenvalue weighted by Gasteiger charge is 2.34. The first kappa shape index (κ1) is 17.7. The summed E-state index contributed by atoms with van der Waals surface area (Å²) in [6, 6.07) is 15.2. The second-order valence-corrected chi connectivity index (χ2v) is 7.31. The second kappa shape index (κ2) is 7.53. The van der Waals surface area contributed by atoms with E-state index in [-0.39, 0.29) is 11.9 Å². The molecule has 4 rings (SSSR count). The van der Waals surface area contributed by atoms with Gasteiger partial charge in [-0.25, -0.2) is 0 Å². The van der Waals surface area contributed by atoms with E-state index in [1.165, 1.54) is 5.56 Å². The van der Waals surface area contributed by atoms with Crippen molar-refractivity contribution >= 4 is 17.5 Å². The van der Waals surface area contributed by atoms with Crippen LogP contribution in [0.1, 0.15) is 35.9 Å². The largest absolute Gasteiger partial charge is 0.337 e. The van der Waals surface area contributed by atoms with E-state index in [1.807, 2.05) is 48.2 Å². The number of amides is 1. The summed E-state index contributed by atoms with van der Waals surface area (Å²) in [5.41, 5.74) is 3.00. The third kappa shape index (κ3) is 3.88. The van der Waals surface area contributed by atoms with Gasteiger partial charge in [0, 0.05) is 17.1 Å². The minimum absolute atomic E-state index is 0.0869. The minimum atomic E-state index is -0.164. The normalized spacial score (nSPS) is 16.7. The van der Waals surface area contributed by atoms with Crippen LogP contribution in [0.4, 0.5) is 0 Å². The van der Waals surface area contributed by atoms with Crippen molar-refractivity contribution in [2.75, 3.05) is 6.54 Å². The van der Waals surface area contributed by atoms with Crippen molar-refractivity contribution in [1.82, 2.24) is 15.0 Å². The molecule has 0 saturated carbocycles. The van der Waals surface area contributed by atoms with Gasteiger partial charge in [0.1, 0.15) is 6.04 Å². The fourth-order valence-electron chi connectivity index (χ4n) is 3.42. The van der Waals surface area contributed by atoms with E-state index in [4.69, 9.17) is 16.1 Å². The van der Waals surface area contributed by atoms with E-state index in [2.05, 4.69) is 10.1 Å². The highest BCUT2D eigenvalue weighted by molar-refractivity contribution is 6.30. The Kier molecular flexibility index (Phi) is 4.94. The summed E-state index contributed by atoms with van der Waals surface area (Å²) in [5.74, 6) is 1.06. The maximum atomic E-state index is 12.8. The van der Waals surface area contributed by atoms with Gasteiger partial charge < -0.3 is 9.42 Å². The molecule has 1 fully saturated rings. The van der Waals surface area contributed by atoms with Gasteiger partial charge in [-0.05, 0) is 37.5 Å². The molecule has 138 valence electrons. The molecule has 0 aliphatic carbocycles. The molecule has 1 atom stereocenters. The van der Waals surface area contributed by atoms with Crippen LogP contribution >= 0.6 is 11.6 Å². The molecular weight excluding hydrogens is 362 g/mol. The zero-order valence-electron chi connectivity index (χ0n) is 15.1. The Morgan fingerprint density at radius 2 is 2.07 bits per heavy atom. The maximum absolute atomic E-state index is 12.8. The van der Waals surface area contributed by atoms with E-state index in [0.717, 1.165) is 24.0 Å². The Morgan fingerprint density at radius 3 is 2.85 bits per heavy atom. The zero-order chi connectivity index (χ0) is 18.8. The Bertz CT molecular complexity index is 952. The fourth-order valence-corrected chi connectivity index (χ4v) is 3.61. The summed E-state index contributed by atoms with van der Waals surface area (Å²) in [7, 11) is 0. The number of carbonyl (C=O) groups is 1. The van der Waals surface area contributed by atoms with Crippen LogP contribution in [0.3, 0.4) is 0 Å². The lowest BCUT2D eigenvalue weighted by Crippen LogP contribution is -2.32. The summed E-state index contributed by atoms with van der Waals surface area (Å²) in [5, 5.41) is 4.70. The molecule has 2 heterocycles. The maximum Gasteiger partial charge on any atom is 0.249 e. The van der Waals surface area contributed by atoms with Crippen molar-refractivity contribution in [1.29, 1.82) is 0 Å². The highest BCUT2D eigenvalue weighted by Crippen LogP contribution is 2.32. The number of nitrogens with zero attached hydrogens (tertiary/aromatic N) is 3. The number of halogens is 1. The first-order chi connectivity index (χ1) is 13.1. The average molecular weight is 382 g/mol. The molecule has 3 aromatic rings. The first-order valence-electron chi connectivity index (χ1n) is 9.05. The van der Waals surface area contributed by atoms with Crippen LogP contribution in [0.5, 0.6) is 0 Å². The molecule has 5 nitrogen and oxygen atoms in total. The summed E-state index contributed by atoms with van der Waals surface area (Å²) in [6.07, 6.45) is 2.14. The Morgan fingerprint density at radius 1 is 1.26 bits per heavy atom. The lowest BCUT2D eigenvalue weighted by molar-refractivity contribution is -0.131. The van der Waals surface area contributed by atoms with Crippen molar-refractivity contribution in [2.45, 2.75) is 32.2 Å². The molecule has 0 spiro atoms. The number of likely N-dealkylation sites (tertiary alicyclic amines) is 1. The van der Waals surface area contributed by atoms with Crippen LogP contribution in [-0.2, 0) is 11.2 Å². The van der Waals surface area contributed by atoms with Gasteiger partial charge in [-0.1, -0.05) is 58.7 Å². The van der Waals surface area contributed by atoms with Gasteiger partial charge in [0.2, 0.25) is 17.6 Å². The number of hydrogen-bond donors (Lipinski definition) is 0. The molecule has 1 aromatic heterocycles. The molecule has 1 amide bonds. The standard InChI is InChI=1S/C21H20ClN3O2/c1-14-7-9-15(10-8-14)12-19(26)25-11-3-6-18(25)21-23-20(24-27-21)16-4-2-5-17(22)13-16/h2,4-5,7-10,13,18H,3,6,11-12H2,1H3. The van der Waals surface area contributed by atoms with Gasteiger partial charge in [-0.15, -0.1) is 0 Å². The first-order valence-corrected chi connectivity index (χ1v) is 9.42. The van der Waals surface area contributed by atoms with Crippen molar-refractivity contribution < 1.29 is 9.32 Å². The highest BCUT2D eigenvalue weighted by atomic mass is 35.5. The monoisotopic (exact) mass is 381 g/mol. The molecule has 1 unspecified atom stereocenters. The van der Waals surface area contributed by atoms with Crippen LogP contribution in [0, 0.1) is 6.92 Å². The van der Waals surface area contributed by atoms with E-state index >= 15 is 0 Å². The van der Waals surface area contributed by atoms with Crippen LogP contribution in [-0.4, -0.2) is 27.5 Å². The smallest absolute Gasteiger partial charge is 0.249 e. The summed E-state index contributed by atoms with van der Waals surface area (Å²) >= 11 is 6.04. The lowest BCUT2D eigenvalue weighted by Gasteiger charge is -2.22. The number of aryl methyl sites for hydroxylation is 1. The zero-order valence-corrected chi connectivity index (χ0v) is 15.8. The van der Waals surface area contributed by atoms with Crippen molar-refractivity contribution in [3.05, 3.63) is 70.6 Å². The molecule has 6 heteroatoms. The van der Waals surface area contributed by atoms with Gasteiger partial charge in [0.25, 0.3) is 0 Å². The predicted molar refractivity (Wildman–Crippen MR) is 103 cm³/mol. The topological polar surface area (TPSA) is 59.2 Å². The molecule has 1 aliphatic heterocycles. The van der Waals surface area contributed by atoms with Crippen LogP contribution in [0.2, 0.25) is 5.02 Å². The molecule has 1 saturated heterocycles. The van der Waals surface area contributed by atoms with Crippen molar-refractivity contribution in [2.24, 2.45) is 0 Å². The lowest BCUT2D eigenvalue weighted by atomic mass is 10.1. The van der Waals surface area contributed by atoms with Crippen LogP contribution in [0.25, 0.3) is 11.4 Å². The van der Waals surface area contributed by atoms with Gasteiger partial charge in [0.05, 0.1) is 6.42 Å². The minimum Gasteiger partial charge on any atom is -0.337 e. The molecule has 1 aliphatic rings. The van der Waals surface area contributed by atoms with Gasteiger partial charge >= 0.3 is 0 Å². The Hall–Kier alpha value is -2.66. The second-order valence-electron chi connectivity index (χ2n) is 6.87. The SMILES string of the molecule is Cc1ccc(CC(=O)N2CCCC2c2nc(-c3cccc(Cl)c3)no2)cc1. The Balaban J connectivity index is 1.51. The van der Waals surface area contributed by atoms with E-state index < -0.39 is 0 Å². The molecule has 27 heavy (non-hydrogen) atoms. The van der Waals surface area contributed by atoms with Gasteiger partial charge in [-0.2, -0.15) is 4.98 Å². The number of carbonyl (C=O) groups excluding carboxylic acids is 1. The number of aromatic nitrogens is 2. The van der Waals surface area contributed by atoms with Gasteiger partial charge in [0.15, 0.2) is 0 Å². The van der Waals surface area contributed by atoms with E-state index in [0.29, 0.717) is 29.7 Å². The predicted octanol–water partition coefficient (Wildman–Crippen LogP) is 4.60. The fraction of sp³-hybridized carbons (Fsp3) is 0.286. The van der Waals surface area contributed by atoms with Crippen molar-refractivity contribution in [3.63, 3.8) is 0 Å². The van der Waals surface area contributed by atoms with Gasteiger partial charge in [-0.3, -0.25) is 4.79 Å². The van der Waals surface area contributed by atoms with Crippen molar-refractivity contribution in [3.8, 4) is 11.4 Å². The summed E-state index contributed by atoms with van der Waals surface area (Å²) < 4.78 is 5.49. The van der Waals surface area contributed by atoms with Crippen LogP contribution in [0.15, 0.2) is 53.1 Å². The van der Waals surface area contributed by atoms with E-state index in [1.54, 1.807) is 12.1 Å². The summed E-state index contributed by atoms with van der Waals surface area (Å²) in [4.78, 5) is 19.2. The third-order valence-corrected chi connectivity index (χ3v) is 5.09. The third-order valence-electron chi connectivity index (χ3n) is 4.86.